The highest BCUT2D eigenvalue weighted by Gasteiger charge is 2.22. The first-order chi connectivity index (χ1) is 26.4. The molecule has 0 fully saturated rings. The van der Waals surface area contributed by atoms with E-state index >= 15 is 0 Å². The average molecular weight is 695 g/mol. The topological polar surface area (TPSA) is 8.17 Å². The van der Waals surface area contributed by atoms with Gasteiger partial charge in [-0.2, -0.15) is 0 Å². The zero-order chi connectivity index (χ0) is 36.6. The van der Waals surface area contributed by atoms with Crippen LogP contribution in [0.2, 0.25) is 0 Å². The summed E-state index contributed by atoms with van der Waals surface area (Å²) in [5, 5.41) is 2.51. The maximum Gasteiger partial charge on any atom is 0.0541 e. The third-order valence-corrected chi connectivity index (χ3v) is 10.5. The van der Waals surface area contributed by atoms with Crippen molar-refractivity contribution in [2.24, 2.45) is 0 Å². The molecule has 0 bridgehead atoms. The fourth-order valence-electron chi connectivity index (χ4n) is 7.85. The summed E-state index contributed by atoms with van der Waals surface area (Å²) in [4.78, 5) is 2.39. The smallest absolute Gasteiger partial charge is 0.0541 e. The van der Waals surface area contributed by atoms with E-state index in [9.17, 15) is 0 Å². The van der Waals surface area contributed by atoms with Crippen molar-refractivity contribution in [3.05, 3.63) is 206 Å². The Labute approximate surface area is 318 Å². The molecule has 1 aromatic heterocycles. The Morgan fingerprint density at radius 1 is 0.370 bits per heavy atom. The van der Waals surface area contributed by atoms with Gasteiger partial charge >= 0.3 is 0 Å². The summed E-state index contributed by atoms with van der Waals surface area (Å²) in [5.41, 5.74) is 15.5. The minimum absolute atomic E-state index is 0.0594. The lowest BCUT2D eigenvalue weighted by Gasteiger charge is -2.30. The molecule has 2 heteroatoms. The number of aromatic nitrogens is 1. The summed E-state index contributed by atoms with van der Waals surface area (Å²) in [6, 6.07) is 72.5. The van der Waals surface area contributed by atoms with Gasteiger partial charge in [-0.15, -0.1) is 0 Å². The number of anilines is 3. The van der Waals surface area contributed by atoms with Gasteiger partial charge in [0.2, 0.25) is 0 Å². The van der Waals surface area contributed by atoms with Crippen LogP contribution in [0.1, 0.15) is 26.3 Å². The number of hydrogen-bond acceptors (Lipinski definition) is 1. The van der Waals surface area contributed by atoms with Crippen molar-refractivity contribution in [3.8, 4) is 39.1 Å². The van der Waals surface area contributed by atoms with Gasteiger partial charge in [-0.05, 0) is 111 Å². The summed E-state index contributed by atoms with van der Waals surface area (Å²) < 4.78 is 2.37. The molecule has 0 N–H and O–H groups in total. The fraction of sp³-hybridized carbons (Fsp3) is 0.0769. The molecule has 0 aliphatic carbocycles. The van der Waals surface area contributed by atoms with Crippen LogP contribution in [0.4, 0.5) is 17.1 Å². The van der Waals surface area contributed by atoms with Crippen LogP contribution in [0.5, 0.6) is 0 Å². The molecule has 54 heavy (non-hydrogen) atoms. The standard InChI is InChI=1S/C52H42N2/c1-52(2,3)49-36-45(32-33-46(49)40-17-9-5-10-18-40)53(43-28-23-38(24-29-43)37-15-7-4-8-16-37)44-30-25-39(26-31-44)41-27-34-51-48(35-41)47-21-13-14-22-50(47)54(51)42-19-11-6-12-20-42/h4-36H,1-3H3. The van der Waals surface area contributed by atoms with E-state index in [-0.39, 0.29) is 5.41 Å². The Balaban J connectivity index is 1.14. The van der Waals surface area contributed by atoms with E-state index < -0.39 is 0 Å². The van der Waals surface area contributed by atoms with Crippen molar-refractivity contribution in [2.45, 2.75) is 26.2 Å². The lowest BCUT2D eigenvalue weighted by molar-refractivity contribution is 0.592. The average Bonchev–Trinajstić information content (AvgIpc) is 3.56. The Hall–Kier alpha value is -6.64. The van der Waals surface area contributed by atoms with Crippen LogP contribution < -0.4 is 4.90 Å². The maximum atomic E-state index is 2.39. The number of para-hydroxylation sites is 2. The molecular weight excluding hydrogens is 653 g/mol. The third kappa shape index (κ3) is 6.16. The van der Waals surface area contributed by atoms with Crippen LogP contribution in [0.3, 0.4) is 0 Å². The molecular formula is C52H42N2. The normalized spacial score (nSPS) is 11.6. The third-order valence-electron chi connectivity index (χ3n) is 10.5. The molecule has 8 aromatic carbocycles. The second-order valence-corrected chi connectivity index (χ2v) is 15.1. The highest BCUT2D eigenvalue weighted by atomic mass is 15.1. The van der Waals surface area contributed by atoms with Gasteiger partial charge < -0.3 is 9.47 Å². The number of fused-ring (bicyclic) bond motifs is 3. The quantitative estimate of drug-likeness (QED) is 0.161. The minimum atomic E-state index is -0.0594. The second-order valence-electron chi connectivity index (χ2n) is 15.1. The highest BCUT2D eigenvalue weighted by Crippen LogP contribution is 2.42. The van der Waals surface area contributed by atoms with Crippen LogP contribution in [0.25, 0.3) is 60.9 Å². The zero-order valence-electron chi connectivity index (χ0n) is 30.9. The van der Waals surface area contributed by atoms with Crippen molar-refractivity contribution >= 4 is 38.9 Å². The predicted octanol–water partition coefficient (Wildman–Crippen LogP) is 14.6. The first kappa shape index (κ1) is 33.2. The summed E-state index contributed by atoms with van der Waals surface area (Å²) in [6.45, 7) is 6.92. The van der Waals surface area contributed by atoms with Crippen molar-refractivity contribution in [1.29, 1.82) is 0 Å². The molecule has 9 rings (SSSR count). The molecule has 0 aliphatic heterocycles. The monoisotopic (exact) mass is 694 g/mol. The number of benzene rings is 8. The lowest BCUT2D eigenvalue weighted by Crippen LogP contribution is -2.16. The van der Waals surface area contributed by atoms with Crippen LogP contribution in [0.15, 0.2) is 200 Å². The van der Waals surface area contributed by atoms with Gasteiger partial charge in [-0.1, -0.05) is 154 Å². The molecule has 2 nitrogen and oxygen atoms in total. The molecule has 0 saturated heterocycles. The van der Waals surface area contributed by atoms with Gasteiger partial charge in [-0.25, -0.2) is 0 Å². The van der Waals surface area contributed by atoms with E-state index in [4.69, 9.17) is 0 Å². The van der Waals surface area contributed by atoms with E-state index in [0.717, 1.165) is 17.1 Å². The Morgan fingerprint density at radius 2 is 0.852 bits per heavy atom. The molecule has 0 atom stereocenters. The van der Waals surface area contributed by atoms with Crippen molar-refractivity contribution in [3.63, 3.8) is 0 Å². The van der Waals surface area contributed by atoms with Gasteiger partial charge in [0.15, 0.2) is 0 Å². The molecule has 260 valence electrons. The zero-order valence-corrected chi connectivity index (χ0v) is 30.9. The molecule has 0 radical (unpaired) electrons. The predicted molar refractivity (Wildman–Crippen MR) is 230 cm³/mol. The molecule has 0 aliphatic rings. The molecule has 1 heterocycles. The summed E-state index contributed by atoms with van der Waals surface area (Å²) >= 11 is 0. The van der Waals surface area contributed by atoms with Gasteiger partial charge in [0.1, 0.15) is 0 Å². The summed E-state index contributed by atoms with van der Waals surface area (Å²) in [5.74, 6) is 0. The Morgan fingerprint density at radius 3 is 1.48 bits per heavy atom. The van der Waals surface area contributed by atoms with E-state index in [1.54, 1.807) is 0 Å². The highest BCUT2D eigenvalue weighted by molar-refractivity contribution is 6.10. The van der Waals surface area contributed by atoms with Gasteiger partial charge in [0, 0.05) is 33.5 Å². The minimum Gasteiger partial charge on any atom is -0.310 e. The van der Waals surface area contributed by atoms with E-state index in [1.165, 1.54) is 66.4 Å². The SMILES string of the molecule is CC(C)(C)c1cc(N(c2ccc(-c3ccccc3)cc2)c2ccc(-c3ccc4c(c3)c3ccccc3n4-c3ccccc3)cc2)ccc1-c1ccccc1. The summed E-state index contributed by atoms with van der Waals surface area (Å²) in [7, 11) is 0. The number of hydrogen-bond donors (Lipinski definition) is 0. The summed E-state index contributed by atoms with van der Waals surface area (Å²) in [6.07, 6.45) is 0. The van der Waals surface area contributed by atoms with E-state index in [1.807, 2.05) is 0 Å². The second kappa shape index (κ2) is 13.7. The molecule has 0 saturated carbocycles. The molecule has 0 spiro atoms. The van der Waals surface area contributed by atoms with Gasteiger partial charge in [-0.3, -0.25) is 0 Å². The number of rotatable bonds is 7. The van der Waals surface area contributed by atoms with Crippen LogP contribution in [-0.4, -0.2) is 4.57 Å². The van der Waals surface area contributed by atoms with Crippen molar-refractivity contribution in [1.82, 2.24) is 4.57 Å². The van der Waals surface area contributed by atoms with E-state index in [2.05, 4.69) is 230 Å². The molecule has 0 unspecified atom stereocenters. The van der Waals surface area contributed by atoms with Crippen LogP contribution in [0, 0.1) is 0 Å². The fourth-order valence-corrected chi connectivity index (χ4v) is 7.85. The first-order valence-electron chi connectivity index (χ1n) is 18.8. The van der Waals surface area contributed by atoms with Crippen molar-refractivity contribution in [2.75, 3.05) is 4.90 Å². The van der Waals surface area contributed by atoms with E-state index in [0.29, 0.717) is 0 Å². The molecule has 9 aromatic rings. The van der Waals surface area contributed by atoms with Gasteiger partial charge in [0.25, 0.3) is 0 Å². The Kier molecular flexibility index (Phi) is 8.44. The molecule has 0 amide bonds. The van der Waals surface area contributed by atoms with Crippen molar-refractivity contribution < 1.29 is 0 Å². The Bertz CT molecular complexity index is 2700. The first-order valence-corrected chi connectivity index (χ1v) is 18.8. The van der Waals surface area contributed by atoms with Crippen LogP contribution >= 0.6 is 0 Å². The van der Waals surface area contributed by atoms with Gasteiger partial charge in [0.05, 0.1) is 11.0 Å². The maximum absolute atomic E-state index is 2.39. The largest absolute Gasteiger partial charge is 0.310 e. The number of nitrogens with zero attached hydrogens (tertiary/aromatic N) is 2. The lowest BCUT2D eigenvalue weighted by atomic mass is 9.81. The van der Waals surface area contributed by atoms with Crippen LogP contribution in [-0.2, 0) is 5.41 Å².